The van der Waals surface area contributed by atoms with E-state index in [0.29, 0.717) is 6.42 Å². The maximum Gasteiger partial charge on any atom is 0.310 e. The molecule has 0 aliphatic carbocycles. The lowest BCUT2D eigenvalue weighted by Gasteiger charge is -2.16. The highest BCUT2D eigenvalue weighted by molar-refractivity contribution is 5.82. The smallest absolute Gasteiger partial charge is 0.310 e. The molecule has 0 fully saturated rings. The zero-order valence-corrected chi connectivity index (χ0v) is 12.8. The van der Waals surface area contributed by atoms with E-state index >= 15 is 0 Å². The number of ether oxygens (including phenoxy) is 1. The second kappa shape index (κ2) is 8.42. The lowest BCUT2D eigenvalue weighted by Crippen LogP contribution is -2.44. The van der Waals surface area contributed by atoms with Crippen LogP contribution < -0.4 is 11.1 Å². The third-order valence-corrected chi connectivity index (χ3v) is 2.97. The number of carbonyl (C=O) groups is 2. The number of amides is 1. The van der Waals surface area contributed by atoms with Crippen molar-refractivity contribution in [3.05, 3.63) is 35.9 Å². The van der Waals surface area contributed by atoms with Crippen molar-refractivity contribution in [2.45, 2.75) is 39.3 Å². The summed E-state index contributed by atoms with van der Waals surface area (Å²) in [4.78, 5) is 23.5. The fourth-order valence-corrected chi connectivity index (χ4v) is 1.78. The highest BCUT2D eigenvalue weighted by Crippen LogP contribution is 2.03. The van der Waals surface area contributed by atoms with Crippen molar-refractivity contribution >= 4 is 11.9 Å². The Morgan fingerprint density at radius 2 is 1.81 bits per heavy atom. The van der Waals surface area contributed by atoms with Gasteiger partial charge in [0.05, 0.1) is 18.1 Å². The third-order valence-electron chi connectivity index (χ3n) is 2.97. The van der Waals surface area contributed by atoms with Crippen molar-refractivity contribution in [2.24, 2.45) is 11.7 Å². The van der Waals surface area contributed by atoms with Gasteiger partial charge in [-0.15, -0.1) is 0 Å². The summed E-state index contributed by atoms with van der Waals surface area (Å²) < 4.78 is 5.08. The van der Waals surface area contributed by atoms with E-state index in [1.165, 1.54) is 0 Å². The molecule has 0 saturated carbocycles. The first-order valence-corrected chi connectivity index (χ1v) is 7.18. The number of nitrogens with one attached hydrogen (secondary N) is 1. The summed E-state index contributed by atoms with van der Waals surface area (Å²) in [5.41, 5.74) is 6.87. The molecule has 1 amide bonds. The molecule has 1 rings (SSSR count). The van der Waals surface area contributed by atoms with Gasteiger partial charge in [-0.25, -0.2) is 0 Å². The van der Waals surface area contributed by atoms with E-state index < -0.39 is 6.04 Å². The number of esters is 1. The third kappa shape index (κ3) is 6.40. The first kappa shape index (κ1) is 17.2. The van der Waals surface area contributed by atoms with Gasteiger partial charge in [-0.05, 0) is 25.8 Å². The standard InChI is InChI=1S/C16H24N2O3/c1-11(2)21-16(20)12(3)10-18-15(19)14(17)9-13-7-5-4-6-8-13/h4-8,11-12,14H,9-10,17H2,1-3H3,(H,18,19)/t12?,14-/m0/s1. The van der Waals surface area contributed by atoms with Crippen LogP contribution >= 0.6 is 0 Å². The zero-order valence-electron chi connectivity index (χ0n) is 12.8. The molecule has 3 N–H and O–H groups in total. The molecule has 1 aromatic carbocycles. The van der Waals surface area contributed by atoms with Crippen LogP contribution in [0, 0.1) is 5.92 Å². The Bertz CT molecular complexity index is 460. The fourth-order valence-electron chi connectivity index (χ4n) is 1.78. The van der Waals surface area contributed by atoms with Gasteiger partial charge in [0.15, 0.2) is 0 Å². The molecule has 5 heteroatoms. The molecule has 0 bridgehead atoms. The van der Waals surface area contributed by atoms with Gasteiger partial charge in [-0.3, -0.25) is 9.59 Å². The van der Waals surface area contributed by atoms with Gasteiger partial charge < -0.3 is 15.8 Å². The minimum Gasteiger partial charge on any atom is -0.463 e. The van der Waals surface area contributed by atoms with Crippen LogP contribution in [0.1, 0.15) is 26.3 Å². The van der Waals surface area contributed by atoms with Crippen LogP contribution in [0.15, 0.2) is 30.3 Å². The van der Waals surface area contributed by atoms with Crippen LogP contribution in [0.2, 0.25) is 0 Å². The first-order chi connectivity index (χ1) is 9.90. The molecule has 0 radical (unpaired) electrons. The Morgan fingerprint density at radius 1 is 1.19 bits per heavy atom. The van der Waals surface area contributed by atoms with Crippen molar-refractivity contribution in [1.82, 2.24) is 5.32 Å². The van der Waals surface area contributed by atoms with Crippen LogP contribution in [-0.2, 0) is 20.7 Å². The molecule has 0 aromatic heterocycles. The van der Waals surface area contributed by atoms with Gasteiger partial charge in [0.1, 0.15) is 0 Å². The van der Waals surface area contributed by atoms with E-state index in [0.717, 1.165) is 5.56 Å². The highest BCUT2D eigenvalue weighted by atomic mass is 16.5. The SMILES string of the molecule is CC(C)OC(=O)C(C)CNC(=O)[C@@H](N)Cc1ccccc1. The van der Waals surface area contributed by atoms with Gasteiger partial charge in [0, 0.05) is 6.54 Å². The van der Waals surface area contributed by atoms with Crippen LogP contribution in [0.25, 0.3) is 0 Å². The van der Waals surface area contributed by atoms with E-state index in [1.807, 2.05) is 30.3 Å². The second-order valence-corrected chi connectivity index (χ2v) is 5.43. The van der Waals surface area contributed by atoms with E-state index in [1.54, 1.807) is 20.8 Å². The van der Waals surface area contributed by atoms with Crippen LogP contribution in [-0.4, -0.2) is 30.6 Å². The van der Waals surface area contributed by atoms with Gasteiger partial charge >= 0.3 is 5.97 Å². The Kier molecular flexibility index (Phi) is 6.88. The summed E-state index contributed by atoms with van der Waals surface area (Å²) in [6.07, 6.45) is 0.313. The molecular formula is C16H24N2O3. The molecule has 0 aliphatic heterocycles. The number of nitrogens with two attached hydrogens (primary N) is 1. The van der Waals surface area contributed by atoms with Gasteiger partial charge in [-0.2, -0.15) is 0 Å². The van der Waals surface area contributed by atoms with Crippen molar-refractivity contribution in [2.75, 3.05) is 6.54 Å². The molecule has 116 valence electrons. The molecule has 21 heavy (non-hydrogen) atoms. The lowest BCUT2D eigenvalue weighted by atomic mass is 10.1. The molecule has 2 atom stereocenters. The topological polar surface area (TPSA) is 81.4 Å². The van der Waals surface area contributed by atoms with Crippen LogP contribution in [0.4, 0.5) is 0 Å². The minimum atomic E-state index is -0.624. The Labute approximate surface area is 125 Å². The number of rotatable bonds is 7. The predicted molar refractivity (Wildman–Crippen MR) is 81.5 cm³/mol. The first-order valence-electron chi connectivity index (χ1n) is 7.18. The summed E-state index contributed by atoms with van der Waals surface area (Å²) in [5, 5.41) is 2.69. The average Bonchev–Trinajstić information content (AvgIpc) is 2.44. The maximum atomic E-state index is 11.9. The zero-order chi connectivity index (χ0) is 15.8. The van der Waals surface area contributed by atoms with Gasteiger partial charge in [-0.1, -0.05) is 37.3 Å². The molecule has 1 unspecified atom stereocenters. The largest absolute Gasteiger partial charge is 0.463 e. The predicted octanol–water partition coefficient (Wildman–Crippen LogP) is 1.26. The minimum absolute atomic E-state index is 0.156. The van der Waals surface area contributed by atoms with E-state index in [4.69, 9.17) is 10.5 Å². The summed E-state index contributed by atoms with van der Waals surface area (Å²) in [7, 11) is 0. The van der Waals surface area contributed by atoms with E-state index in [2.05, 4.69) is 5.32 Å². The number of benzene rings is 1. The number of hydrogen-bond donors (Lipinski definition) is 2. The monoisotopic (exact) mass is 292 g/mol. The quantitative estimate of drug-likeness (QED) is 0.741. The van der Waals surface area contributed by atoms with E-state index in [-0.39, 0.29) is 30.4 Å². The van der Waals surface area contributed by atoms with Crippen molar-refractivity contribution in [3.63, 3.8) is 0 Å². The summed E-state index contributed by atoms with van der Waals surface area (Å²) in [6.45, 7) is 5.53. The molecular weight excluding hydrogens is 268 g/mol. The van der Waals surface area contributed by atoms with Gasteiger partial charge in [0.25, 0.3) is 0 Å². The molecule has 5 nitrogen and oxygen atoms in total. The summed E-state index contributed by atoms with van der Waals surface area (Å²) in [5.74, 6) is -0.967. The molecule has 1 aromatic rings. The molecule has 0 spiro atoms. The molecule has 0 aliphatic rings. The van der Waals surface area contributed by atoms with Crippen LogP contribution in [0.3, 0.4) is 0 Å². The Balaban J connectivity index is 2.37. The second-order valence-electron chi connectivity index (χ2n) is 5.43. The van der Waals surface area contributed by atoms with Crippen molar-refractivity contribution < 1.29 is 14.3 Å². The Morgan fingerprint density at radius 3 is 2.38 bits per heavy atom. The van der Waals surface area contributed by atoms with Crippen molar-refractivity contribution in [1.29, 1.82) is 0 Å². The summed E-state index contributed by atoms with van der Waals surface area (Å²) in [6, 6.07) is 8.96. The average molecular weight is 292 g/mol. The van der Waals surface area contributed by atoms with Crippen LogP contribution in [0.5, 0.6) is 0 Å². The Hall–Kier alpha value is -1.88. The van der Waals surface area contributed by atoms with E-state index in [9.17, 15) is 9.59 Å². The molecule has 0 heterocycles. The number of carbonyl (C=O) groups excluding carboxylic acids is 2. The normalized spacial score (nSPS) is 13.6. The number of hydrogen-bond acceptors (Lipinski definition) is 4. The highest BCUT2D eigenvalue weighted by Gasteiger charge is 2.19. The van der Waals surface area contributed by atoms with Gasteiger partial charge in [0.2, 0.25) is 5.91 Å². The maximum absolute atomic E-state index is 11.9. The molecule has 0 saturated heterocycles. The summed E-state index contributed by atoms with van der Waals surface area (Å²) >= 11 is 0. The fraction of sp³-hybridized carbons (Fsp3) is 0.500. The lowest BCUT2D eigenvalue weighted by molar-refractivity contribution is -0.151. The van der Waals surface area contributed by atoms with Crippen molar-refractivity contribution in [3.8, 4) is 0 Å².